The van der Waals surface area contributed by atoms with Gasteiger partial charge in [-0.05, 0) is 43.0 Å². The second-order valence-electron chi connectivity index (χ2n) is 7.23. The molecule has 0 aliphatic heterocycles. The Bertz CT molecular complexity index is 677. The summed E-state index contributed by atoms with van der Waals surface area (Å²) in [5.74, 6) is 0.189. The summed E-state index contributed by atoms with van der Waals surface area (Å²) in [6.45, 7) is 2.32. The highest BCUT2D eigenvalue weighted by Crippen LogP contribution is 2.23. The molecule has 0 bridgehead atoms. The van der Waals surface area contributed by atoms with E-state index in [0.29, 0.717) is 11.7 Å². The molecule has 1 aliphatic rings. The standard InChI is InChI=1S/C20H30N4O4/c1-14-5-3-4-6-17(14)22-20(27)23-19(26)13-24(12-11-18(21)25)15-7-9-16(28-2)10-8-15/h7-10,14,17H,3-6,11-13H2,1-2H3,(H2,21,25)(H2,22,23,26,27). The first-order chi connectivity index (χ1) is 13.4. The van der Waals surface area contributed by atoms with Gasteiger partial charge in [0.15, 0.2) is 0 Å². The number of urea groups is 1. The van der Waals surface area contributed by atoms with Crippen molar-refractivity contribution in [3.63, 3.8) is 0 Å². The van der Waals surface area contributed by atoms with E-state index >= 15 is 0 Å². The monoisotopic (exact) mass is 390 g/mol. The highest BCUT2D eigenvalue weighted by Gasteiger charge is 2.23. The zero-order valence-corrected chi connectivity index (χ0v) is 16.6. The number of rotatable bonds is 8. The van der Waals surface area contributed by atoms with Gasteiger partial charge >= 0.3 is 6.03 Å². The number of nitrogens with zero attached hydrogens (tertiary/aromatic N) is 1. The van der Waals surface area contributed by atoms with E-state index in [1.54, 1.807) is 36.3 Å². The summed E-state index contributed by atoms with van der Waals surface area (Å²) in [4.78, 5) is 37.4. The lowest BCUT2D eigenvalue weighted by atomic mass is 9.86. The Balaban J connectivity index is 1.94. The molecule has 28 heavy (non-hydrogen) atoms. The van der Waals surface area contributed by atoms with Crippen molar-refractivity contribution in [1.29, 1.82) is 0 Å². The number of hydrogen-bond acceptors (Lipinski definition) is 5. The third-order valence-corrected chi connectivity index (χ3v) is 5.08. The summed E-state index contributed by atoms with van der Waals surface area (Å²) < 4.78 is 5.14. The van der Waals surface area contributed by atoms with E-state index in [1.807, 2.05) is 0 Å². The number of amides is 4. The first-order valence-corrected chi connectivity index (χ1v) is 9.66. The average Bonchev–Trinajstić information content (AvgIpc) is 2.67. The minimum absolute atomic E-state index is 0.0623. The van der Waals surface area contributed by atoms with Crippen molar-refractivity contribution in [2.45, 2.75) is 45.1 Å². The van der Waals surface area contributed by atoms with Gasteiger partial charge in [0.25, 0.3) is 0 Å². The van der Waals surface area contributed by atoms with Gasteiger partial charge in [0.05, 0.1) is 13.7 Å². The van der Waals surface area contributed by atoms with Gasteiger partial charge < -0.3 is 20.7 Å². The number of nitrogens with two attached hydrogens (primary N) is 1. The molecule has 2 unspecified atom stereocenters. The van der Waals surface area contributed by atoms with Crippen LogP contribution in [0, 0.1) is 5.92 Å². The number of benzene rings is 1. The number of methoxy groups -OCH3 is 1. The maximum atomic E-state index is 12.4. The van der Waals surface area contributed by atoms with Gasteiger partial charge in [0.1, 0.15) is 5.75 Å². The van der Waals surface area contributed by atoms with Crippen LogP contribution in [-0.2, 0) is 9.59 Å². The number of carbonyl (C=O) groups excluding carboxylic acids is 3. The third-order valence-electron chi connectivity index (χ3n) is 5.08. The number of primary amides is 1. The van der Waals surface area contributed by atoms with Crippen LogP contribution in [0.15, 0.2) is 24.3 Å². The van der Waals surface area contributed by atoms with Crippen LogP contribution in [0.3, 0.4) is 0 Å². The number of imide groups is 1. The smallest absolute Gasteiger partial charge is 0.321 e. The van der Waals surface area contributed by atoms with Gasteiger partial charge in [-0.1, -0.05) is 19.8 Å². The molecule has 1 aliphatic carbocycles. The third kappa shape index (κ3) is 6.75. The lowest BCUT2D eigenvalue weighted by Crippen LogP contribution is -2.50. The van der Waals surface area contributed by atoms with Crippen LogP contribution in [0.2, 0.25) is 0 Å². The SMILES string of the molecule is COc1ccc(N(CCC(N)=O)CC(=O)NC(=O)NC2CCCCC2C)cc1. The quantitative estimate of drug-likeness (QED) is 0.626. The highest BCUT2D eigenvalue weighted by atomic mass is 16.5. The molecule has 2 rings (SSSR count). The topological polar surface area (TPSA) is 114 Å². The molecule has 8 nitrogen and oxygen atoms in total. The summed E-state index contributed by atoms with van der Waals surface area (Å²) in [6.07, 6.45) is 4.37. The van der Waals surface area contributed by atoms with E-state index in [-0.39, 0.29) is 25.6 Å². The lowest BCUT2D eigenvalue weighted by Gasteiger charge is -2.29. The zero-order chi connectivity index (χ0) is 20.5. The molecule has 1 aromatic carbocycles. The van der Waals surface area contributed by atoms with Crippen molar-refractivity contribution < 1.29 is 19.1 Å². The van der Waals surface area contributed by atoms with Gasteiger partial charge in [-0.25, -0.2) is 4.79 Å². The molecular formula is C20H30N4O4. The first-order valence-electron chi connectivity index (χ1n) is 9.66. The molecule has 2 atom stereocenters. The number of anilines is 1. The molecular weight excluding hydrogens is 360 g/mol. The number of carbonyl (C=O) groups is 3. The van der Waals surface area contributed by atoms with Crippen molar-refractivity contribution in [3.05, 3.63) is 24.3 Å². The fraction of sp³-hybridized carbons (Fsp3) is 0.550. The van der Waals surface area contributed by atoms with E-state index < -0.39 is 17.8 Å². The molecule has 8 heteroatoms. The highest BCUT2D eigenvalue weighted by molar-refractivity contribution is 5.96. The van der Waals surface area contributed by atoms with E-state index in [0.717, 1.165) is 24.9 Å². The largest absolute Gasteiger partial charge is 0.497 e. The summed E-state index contributed by atoms with van der Waals surface area (Å²) in [7, 11) is 1.57. The Morgan fingerprint density at radius 1 is 1.18 bits per heavy atom. The van der Waals surface area contributed by atoms with Crippen molar-refractivity contribution in [3.8, 4) is 5.75 Å². The minimum atomic E-state index is -0.478. The molecule has 1 saturated carbocycles. The van der Waals surface area contributed by atoms with Crippen LogP contribution in [0.1, 0.15) is 39.0 Å². The number of hydrogen-bond donors (Lipinski definition) is 3. The maximum absolute atomic E-state index is 12.4. The molecule has 154 valence electrons. The molecule has 0 spiro atoms. The van der Waals surface area contributed by atoms with Crippen molar-refractivity contribution in [1.82, 2.24) is 10.6 Å². The first kappa shape index (κ1) is 21.5. The van der Waals surface area contributed by atoms with Gasteiger partial charge in [-0.2, -0.15) is 0 Å². The van der Waals surface area contributed by atoms with E-state index in [4.69, 9.17) is 10.5 Å². The molecule has 0 saturated heterocycles. The van der Waals surface area contributed by atoms with Gasteiger partial charge in [0.2, 0.25) is 11.8 Å². The van der Waals surface area contributed by atoms with Crippen LogP contribution in [0.5, 0.6) is 5.75 Å². The van der Waals surface area contributed by atoms with E-state index in [9.17, 15) is 14.4 Å². The number of ether oxygens (including phenoxy) is 1. The van der Waals surface area contributed by atoms with Crippen molar-refractivity contribution in [2.24, 2.45) is 11.7 Å². The molecule has 0 aromatic heterocycles. The Labute approximate surface area is 165 Å². The van der Waals surface area contributed by atoms with E-state index in [1.165, 1.54) is 6.42 Å². The molecule has 0 radical (unpaired) electrons. The molecule has 1 aromatic rings. The van der Waals surface area contributed by atoms with Crippen LogP contribution < -0.4 is 26.0 Å². The van der Waals surface area contributed by atoms with Crippen LogP contribution in [-0.4, -0.2) is 44.1 Å². The molecule has 0 heterocycles. The predicted molar refractivity (Wildman–Crippen MR) is 107 cm³/mol. The van der Waals surface area contributed by atoms with Crippen LogP contribution >= 0.6 is 0 Å². The van der Waals surface area contributed by atoms with Crippen molar-refractivity contribution >= 4 is 23.5 Å². The molecule has 4 N–H and O–H groups in total. The van der Waals surface area contributed by atoms with Crippen LogP contribution in [0.25, 0.3) is 0 Å². The predicted octanol–water partition coefficient (Wildman–Crippen LogP) is 1.78. The fourth-order valence-corrected chi connectivity index (χ4v) is 3.41. The minimum Gasteiger partial charge on any atom is -0.497 e. The fourth-order valence-electron chi connectivity index (χ4n) is 3.41. The Hall–Kier alpha value is -2.77. The van der Waals surface area contributed by atoms with Gasteiger partial charge in [-0.3, -0.25) is 14.9 Å². The van der Waals surface area contributed by atoms with E-state index in [2.05, 4.69) is 17.6 Å². The summed E-state index contributed by atoms with van der Waals surface area (Å²) in [6, 6.07) is 6.72. The maximum Gasteiger partial charge on any atom is 0.321 e. The zero-order valence-electron chi connectivity index (χ0n) is 16.6. The molecule has 4 amide bonds. The second kappa shape index (κ2) is 10.5. The van der Waals surface area contributed by atoms with Gasteiger partial charge in [0, 0.05) is 24.7 Å². The van der Waals surface area contributed by atoms with Crippen molar-refractivity contribution in [2.75, 3.05) is 25.1 Å². The Morgan fingerprint density at radius 3 is 2.46 bits per heavy atom. The summed E-state index contributed by atoms with van der Waals surface area (Å²) in [5.41, 5.74) is 5.98. The lowest BCUT2D eigenvalue weighted by molar-refractivity contribution is -0.120. The molecule has 1 fully saturated rings. The van der Waals surface area contributed by atoms with Gasteiger partial charge in [-0.15, -0.1) is 0 Å². The number of nitrogens with one attached hydrogen (secondary N) is 2. The average molecular weight is 390 g/mol. The normalized spacial score (nSPS) is 18.8. The van der Waals surface area contributed by atoms with Crippen LogP contribution in [0.4, 0.5) is 10.5 Å². The summed E-state index contributed by atoms with van der Waals surface area (Å²) >= 11 is 0. The Kier molecular flexibility index (Phi) is 8.10. The second-order valence-corrected chi connectivity index (χ2v) is 7.23. The summed E-state index contributed by atoms with van der Waals surface area (Å²) in [5, 5.41) is 5.28. The Morgan fingerprint density at radius 2 is 1.86 bits per heavy atom.